The zero-order valence-corrected chi connectivity index (χ0v) is 14.7. The summed E-state index contributed by atoms with van der Waals surface area (Å²) in [6, 6.07) is 8.00. The highest BCUT2D eigenvalue weighted by atomic mass is 35.5. The first-order chi connectivity index (χ1) is 12.0. The Kier molecular flexibility index (Phi) is 5.79. The Hall–Kier alpha value is -2.30. The first kappa shape index (κ1) is 20.0. The Morgan fingerprint density at radius 3 is 2.27 bits per heavy atom. The minimum atomic E-state index is -4.82. The molecule has 0 radical (unpaired) electrons. The number of halogens is 4. The lowest BCUT2D eigenvalue weighted by molar-refractivity contribution is -0.274. The van der Waals surface area contributed by atoms with Gasteiger partial charge in [-0.15, -0.1) is 13.2 Å². The molecule has 0 saturated heterocycles. The van der Waals surface area contributed by atoms with Crippen molar-refractivity contribution in [2.45, 2.75) is 11.3 Å². The molecule has 6 nitrogen and oxygen atoms in total. The second-order valence-corrected chi connectivity index (χ2v) is 7.17. The molecule has 26 heavy (non-hydrogen) atoms. The molecule has 0 bridgehead atoms. The van der Waals surface area contributed by atoms with E-state index in [0.717, 1.165) is 18.2 Å². The molecule has 0 aliphatic rings. The molecule has 0 aliphatic carbocycles. The van der Waals surface area contributed by atoms with Crippen molar-refractivity contribution in [3.8, 4) is 5.75 Å². The topological polar surface area (TPSA) is 84.5 Å². The number of alkyl halides is 3. The van der Waals surface area contributed by atoms with Crippen molar-refractivity contribution in [2.24, 2.45) is 0 Å². The lowest BCUT2D eigenvalue weighted by Crippen LogP contribution is -2.20. The maximum Gasteiger partial charge on any atom is 0.573 e. The Morgan fingerprint density at radius 2 is 1.73 bits per heavy atom. The molecular formula is C15H12ClF3N2O4S. The molecule has 2 N–H and O–H groups in total. The fourth-order valence-corrected chi connectivity index (χ4v) is 2.86. The number of ether oxygens (including phenoxy) is 1. The van der Waals surface area contributed by atoms with Crippen molar-refractivity contribution >= 4 is 33.2 Å². The van der Waals surface area contributed by atoms with Gasteiger partial charge in [-0.05, 0) is 49.5 Å². The number of rotatable bonds is 5. The van der Waals surface area contributed by atoms with E-state index in [1.165, 1.54) is 31.3 Å². The molecule has 0 heterocycles. The average Bonchev–Trinajstić information content (AvgIpc) is 2.55. The van der Waals surface area contributed by atoms with E-state index in [1.807, 2.05) is 0 Å². The zero-order chi connectivity index (χ0) is 19.5. The molecule has 11 heteroatoms. The van der Waals surface area contributed by atoms with Gasteiger partial charge in [0.05, 0.1) is 15.5 Å². The zero-order valence-electron chi connectivity index (χ0n) is 13.1. The predicted octanol–water partition coefficient (Wildman–Crippen LogP) is 3.40. The molecule has 2 aromatic carbocycles. The van der Waals surface area contributed by atoms with Crippen molar-refractivity contribution < 1.29 is 31.1 Å². The van der Waals surface area contributed by atoms with Gasteiger partial charge in [0.1, 0.15) is 5.75 Å². The third kappa shape index (κ3) is 5.10. The standard InChI is InChI=1S/C15H12ClF3N2O4S/c1-20-26(23,24)11-6-7-13(16)12(8-11)14(22)21-9-2-4-10(5-3-9)25-15(17,18)19/h2-8,20H,1H3,(H,21,22). The maximum atomic E-state index is 12.3. The van der Waals surface area contributed by atoms with Crippen molar-refractivity contribution in [1.82, 2.24) is 4.72 Å². The second-order valence-electron chi connectivity index (χ2n) is 4.88. The van der Waals surface area contributed by atoms with E-state index in [9.17, 15) is 26.4 Å². The summed E-state index contributed by atoms with van der Waals surface area (Å²) in [5.41, 5.74) is 0.0566. The third-order valence-corrected chi connectivity index (χ3v) is 4.85. The Balaban J connectivity index is 2.21. The molecule has 0 aromatic heterocycles. The molecule has 2 aromatic rings. The SMILES string of the molecule is CNS(=O)(=O)c1ccc(Cl)c(C(=O)Nc2ccc(OC(F)(F)F)cc2)c1. The fraction of sp³-hybridized carbons (Fsp3) is 0.133. The summed E-state index contributed by atoms with van der Waals surface area (Å²) in [6.45, 7) is 0. The van der Waals surface area contributed by atoms with E-state index in [0.29, 0.717) is 0 Å². The van der Waals surface area contributed by atoms with E-state index >= 15 is 0 Å². The fourth-order valence-electron chi connectivity index (χ4n) is 1.90. The van der Waals surface area contributed by atoms with Crippen molar-refractivity contribution in [3.63, 3.8) is 0 Å². The van der Waals surface area contributed by atoms with E-state index in [2.05, 4.69) is 14.8 Å². The van der Waals surface area contributed by atoms with Crippen molar-refractivity contribution in [2.75, 3.05) is 12.4 Å². The number of carbonyl (C=O) groups is 1. The molecule has 0 fully saturated rings. The summed E-state index contributed by atoms with van der Waals surface area (Å²) in [6.07, 6.45) is -4.82. The van der Waals surface area contributed by atoms with Crippen LogP contribution in [-0.4, -0.2) is 27.7 Å². The van der Waals surface area contributed by atoms with Gasteiger partial charge in [0.2, 0.25) is 10.0 Å². The second kappa shape index (κ2) is 7.52. The lowest BCUT2D eigenvalue weighted by Gasteiger charge is -2.11. The highest BCUT2D eigenvalue weighted by Gasteiger charge is 2.31. The van der Waals surface area contributed by atoms with Crippen molar-refractivity contribution in [3.05, 3.63) is 53.1 Å². The third-order valence-electron chi connectivity index (χ3n) is 3.11. The number of amides is 1. The smallest absolute Gasteiger partial charge is 0.406 e. The monoisotopic (exact) mass is 408 g/mol. The van der Waals surface area contributed by atoms with Crippen LogP contribution in [0.4, 0.5) is 18.9 Å². The summed E-state index contributed by atoms with van der Waals surface area (Å²) in [4.78, 5) is 12.1. The van der Waals surface area contributed by atoms with Crippen LogP contribution in [0.3, 0.4) is 0 Å². The minimum absolute atomic E-state index is 0.00887. The van der Waals surface area contributed by atoms with Gasteiger partial charge in [0, 0.05) is 5.69 Å². The van der Waals surface area contributed by atoms with Gasteiger partial charge >= 0.3 is 6.36 Å². The van der Waals surface area contributed by atoms with Crippen LogP contribution in [0.1, 0.15) is 10.4 Å². The molecule has 0 atom stereocenters. The first-order valence-electron chi connectivity index (χ1n) is 6.92. The lowest BCUT2D eigenvalue weighted by atomic mass is 10.2. The predicted molar refractivity (Wildman–Crippen MR) is 88.8 cm³/mol. The van der Waals surface area contributed by atoms with Crippen LogP contribution in [0.2, 0.25) is 5.02 Å². The van der Waals surface area contributed by atoms with Crippen LogP contribution in [0.5, 0.6) is 5.75 Å². The van der Waals surface area contributed by atoms with Crippen LogP contribution in [0, 0.1) is 0 Å². The molecule has 0 unspecified atom stereocenters. The Bertz CT molecular complexity index is 915. The van der Waals surface area contributed by atoms with Gasteiger partial charge in [-0.3, -0.25) is 4.79 Å². The Morgan fingerprint density at radius 1 is 1.12 bits per heavy atom. The highest BCUT2D eigenvalue weighted by Crippen LogP contribution is 2.25. The van der Waals surface area contributed by atoms with Gasteiger partial charge in [-0.1, -0.05) is 11.6 Å². The van der Waals surface area contributed by atoms with Crippen LogP contribution < -0.4 is 14.8 Å². The van der Waals surface area contributed by atoms with E-state index in [4.69, 9.17) is 11.6 Å². The molecule has 0 aliphatic heterocycles. The van der Waals surface area contributed by atoms with Gasteiger partial charge in [0.25, 0.3) is 5.91 Å². The maximum absolute atomic E-state index is 12.3. The Labute approximate surface area is 152 Å². The quantitative estimate of drug-likeness (QED) is 0.794. The number of benzene rings is 2. The molecule has 2 rings (SSSR count). The molecule has 140 valence electrons. The molecule has 0 spiro atoms. The van der Waals surface area contributed by atoms with Crippen LogP contribution in [-0.2, 0) is 10.0 Å². The highest BCUT2D eigenvalue weighted by molar-refractivity contribution is 7.89. The summed E-state index contributed by atoms with van der Waals surface area (Å²) >= 11 is 5.93. The van der Waals surface area contributed by atoms with Gasteiger partial charge in [0.15, 0.2) is 0 Å². The van der Waals surface area contributed by atoms with E-state index < -0.39 is 28.0 Å². The van der Waals surface area contributed by atoms with Crippen LogP contribution in [0.25, 0.3) is 0 Å². The summed E-state index contributed by atoms with van der Waals surface area (Å²) < 4.78 is 65.8. The number of hydrogen-bond donors (Lipinski definition) is 2. The van der Waals surface area contributed by atoms with Gasteiger partial charge < -0.3 is 10.1 Å². The van der Waals surface area contributed by atoms with Crippen molar-refractivity contribution in [1.29, 1.82) is 0 Å². The molecule has 1 amide bonds. The van der Waals surface area contributed by atoms with Gasteiger partial charge in [-0.2, -0.15) is 0 Å². The first-order valence-corrected chi connectivity index (χ1v) is 8.78. The van der Waals surface area contributed by atoms with Crippen LogP contribution >= 0.6 is 11.6 Å². The van der Waals surface area contributed by atoms with Gasteiger partial charge in [-0.25, -0.2) is 13.1 Å². The number of nitrogens with one attached hydrogen (secondary N) is 2. The summed E-state index contributed by atoms with van der Waals surface area (Å²) in [5.74, 6) is -1.18. The van der Waals surface area contributed by atoms with Crippen LogP contribution in [0.15, 0.2) is 47.4 Å². The minimum Gasteiger partial charge on any atom is -0.406 e. The number of hydrogen-bond acceptors (Lipinski definition) is 4. The normalized spacial score (nSPS) is 11.9. The number of sulfonamides is 1. The number of carbonyl (C=O) groups excluding carboxylic acids is 1. The summed E-state index contributed by atoms with van der Waals surface area (Å²) in [7, 11) is -2.56. The summed E-state index contributed by atoms with van der Waals surface area (Å²) in [5, 5.41) is 2.42. The largest absolute Gasteiger partial charge is 0.573 e. The number of anilines is 1. The average molecular weight is 409 g/mol. The van der Waals surface area contributed by atoms with E-state index in [-0.39, 0.29) is 21.2 Å². The molecular weight excluding hydrogens is 397 g/mol. The van der Waals surface area contributed by atoms with E-state index in [1.54, 1.807) is 0 Å². The molecule has 0 saturated carbocycles.